The molecule has 3 nitrogen and oxygen atoms in total. The number of aromatic nitrogens is 1. The minimum absolute atomic E-state index is 0.0367. The molecule has 0 saturated carbocycles. The summed E-state index contributed by atoms with van der Waals surface area (Å²) in [5.74, 6) is 0. The molecule has 0 unspecified atom stereocenters. The highest BCUT2D eigenvalue weighted by Gasteiger charge is 2.44. The Balaban J connectivity index is 1.33. The summed E-state index contributed by atoms with van der Waals surface area (Å²) in [5.41, 5.74) is 18.2. The van der Waals surface area contributed by atoms with Crippen LogP contribution < -0.4 is 15.8 Å². The van der Waals surface area contributed by atoms with E-state index in [9.17, 15) is 0 Å². The van der Waals surface area contributed by atoms with Gasteiger partial charge in [0.05, 0.1) is 5.69 Å². The van der Waals surface area contributed by atoms with Crippen LogP contribution in [0.2, 0.25) is 0 Å². The maximum absolute atomic E-state index is 7.01. The molecule has 4 heteroatoms. The summed E-state index contributed by atoms with van der Waals surface area (Å²) in [6.45, 7) is 4.48. The van der Waals surface area contributed by atoms with Crippen LogP contribution in [-0.4, -0.2) is 11.3 Å². The second-order valence-electron chi connectivity index (χ2n) is 14.4. The average Bonchev–Trinajstić information content (AvgIpc) is 3.72. The molecular formula is C47H35BN2O. The highest BCUT2D eigenvalue weighted by Crippen LogP contribution is 2.50. The third-order valence-electron chi connectivity index (χ3n) is 11.3. The number of benzene rings is 7. The smallest absolute Gasteiger partial charge is 0.333 e. The van der Waals surface area contributed by atoms with E-state index in [4.69, 9.17) is 4.42 Å². The van der Waals surface area contributed by atoms with Gasteiger partial charge in [-0.25, -0.2) is 0 Å². The Morgan fingerprint density at radius 1 is 0.647 bits per heavy atom. The molecule has 0 saturated heterocycles. The van der Waals surface area contributed by atoms with Crippen molar-refractivity contribution in [2.24, 2.45) is 0 Å². The van der Waals surface area contributed by atoms with E-state index in [1.165, 1.54) is 90.3 Å². The van der Waals surface area contributed by atoms with E-state index in [2.05, 4.69) is 163 Å². The molecule has 11 rings (SSSR count). The number of hydrogen-bond donors (Lipinski definition) is 0. The van der Waals surface area contributed by atoms with Crippen molar-refractivity contribution in [3.05, 3.63) is 151 Å². The van der Waals surface area contributed by atoms with Gasteiger partial charge in [-0.1, -0.05) is 116 Å². The van der Waals surface area contributed by atoms with E-state index in [0.29, 0.717) is 0 Å². The van der Waals surface area contributed by atoms with Gasteiger partial charge in [-0.2, -0.15) is 0 Å². The number of para-hydroxylation sites is 3. The predicted octanol–water partition coefficient (Wildman–Crippen LogP) is 11.4. The van der Waals surface area contributed by atoms with Crippen molar-refractivity contribution in [3.8, 4) is 22.3 Å². The Hall–Kier alpha value is -6.00. The summed E-state index contributed by atoms with van der Waals surface area (Å²) in [6, 6.07) is 51.8. The van der Waals surface area contributed by atoms with Crippen molar-refractivity contribution in [1.82, 2.24) is 4.48 Å². The molecule has 0 fully saturated rings. The fourth-order valence-electron chi connectivity index (χ4n) is 9.20. The predicted molar refractivity (Wildman–Crippen MR) is 216 cm³/mol. The molecule has 242 valence electrons. The molecule has 2 aliphatic heterocycles. The Kier molecular flexibility index (Phi) is 6.07. The largest absolute Gasteiger partial charge is 0.454 e. The zero-order valence-corrected chi connectivity index (χ0v) is 28.8. The van der Waals surface area contributed by atoms with Crippen LogP contribution in [0.5, 0.6) is 0 Å². The quantitative estimate of drug-likeness (QED) is 0.172. The van der Waals surface area contributed by atoms with Crippen molar-refractivity contribution < 1.29 is 4.42 Å². The number of aryl methyl sites for hydroxylation is 2. The van der Waals surface area contributed by atoms with Crippen molar-refractivity contribution in [2.75, 3.05) is 4.90 Å². The summed E-state index contributed by atoms with van der Waals surface area (Å²) in [7, 11) is 0. The molecule has 51 heavy (non-hydrogen) atoms. The van der Waals surface area contributed by atoms with Crippen molar-refractivity contribution in [1.29, 1.82) is 0 Å². The lowest BCUT2D eigenvalue weighted by Crippen LogP contribution is -2.56. The van der Waals surface area contributed by atoms with Crippen LogP contribution >= 0.6 is 0 Å². The summed E-state index contributed by atoms with van der Waals surface area (Å²) in [6.07, 6.45) is 3.40. The maximum atomic E-state index is 7.01. The molecule has 0 amide bonds. The molecule has 2 aromatic heterocycles. The minimum Gasteiger partial charge on any atom is -0.454 e. The second-order valence-corrected chi connectivity index (χ2v) is 14.4. The first-order chi connectivity index (χ1) is 25.2. The lowest BCUT2D eigenvalue weighted by Gasteiger charge is -2.40. The van der Waals surface area contributed by atoms with Crippen LogP contribution in [0.15, 0.2) is 144 Å². The van der Waals surface area contributed by atoms with Crippen LogP contribution in [0.1, 0.15) is 30.9 Å². The van der Waals surface area contributed by atoms with E-state index < -0.39 is 0 Å². The SMILES string of the molecule is CCCCc1cc(C)cc(N2c3cc(-c4ccccc4)ccc3B3c4c(cc5c(oc6ccccc65)c42)-c2cccc4c5ccccc5n3c24)c1. The van der Waals surface area contributed by atoms with E-state index in [1.54, 1.807) is 0 Å². The lowest BCUT2D eigenvalue weighted by molar-refractivity contribution is 0.669. The Morgan fingerprint density at radius 3 is 2.33 bits per heavy atom. The zero-order valence-electron chi connectivity index (χ0n) is 28.8. The Bertz CT molecular complexity index is 2880. The van der Waals surface area contributed by atoms with Gasteiger partial charge >= 0.3 is 6.85 Å². The summed E-state index contributed by atoms with van der Waals surface area (Å²) in [5, 5.41) is 4.91. The lowest BCUT2D eigenvalue weighted by atomic mass is 9.45. The maximum Gasteiger partial charge on any atom is 0.333 e. The molecule has 2 aliphatic rings. The first-order valence-electron chi connectivity index (χ1n) is 18.3. The number of rotatable bonds is 5. The molecule has 0 N–H and O–H groups in total. The average molecular weight is 655 g/mol. The highest BCUT2D eigenvalue weighted by molar-refractivity contribution is 6.90. The normalized spacial score (nSPS) is 13.1. The number of unbranched alkanes of at least 4 members (excludes halogenated alkanes) is 1. The van der Waals surface area contributed by atoms with E-state index in [-0.39, 0.29) is 6.85 Å². The number of hydrogen-bond acceptors (Lipinski definition) is 2. The van der Waals surface area contributed by atoms with Crippen LogP contribution in [-0.2, 0) is 6.42 Å². The number of fused-ring (bicyclic) bond motifs is 11. The van der Waals surface area contributed by atoms with Gasteiger partial charge in [0.25, 0.3) is 0 Å². The summed E-state index contributed by atoms with van der Waals surface area (Å²) >= 11 is 0. The fourth-order valence-corrected chi connectivity index (χ4v) is 9.20. The molecule has 0 aliphatic carbocycles. The van der Waals surface area contributed by atoms with Crippen molar-refractivity contribution in [3.63, 3.8) is 0 Å². The second kappa shape index (κ2) is 10.8. The molecule has 4 heterocycles. The van der Waals surface area contributed by atoms with E-state index in [0.717, 1.165) is 34.0 Å². The third kappa shape index (κ3) is 4.02. The van der Waals surface area contributed by atoms with Gasteiger partial charge in [-0.05, 0) is 94.9 Å². The zero-order chi connectivity index (χ0) is 33.8. The standard InChI is InChI=1S/C47H35BN2O/c1-3-4-13-30-24-29(2)25-33(26-30)49-42-27-32(31-14-6-5-7-15-31)22-23-40(42)48-44-38(28-39-35-17-9-11-21-43(35)51-47(39)46(44)49)37-19-12-18-36-34-16-8-10-20-41(34)50(48)45(36)37/h5-12,14-28H,3-4,13H2,1-2H3. The Labute approximate surface area is 297 Å². The van der Waals surface area contributed by atoms with Crippen molar-refractivity contribution in [2.45, 2.75) is 33.1 Å². The number of nitrogens with zero attached hydrogens (tertiary/aromatic N) is 2. The van der Waals surface area contributed by atoms with E-state index in [1.807, 2.05) is 0 Å². The van der Waals surface area contributed by atoms with Gasteiger partial charge in [-0.15, -0.1) is 0 Å². The van der Waals surface area contributed by atoms with Gasteiger partial charge in [0.1, 0.15) is 5.58 Å². The first-order valence-corrected chi connectivity index (χ1v) is 18.3. The monoisotopic (exact) mass is 654 g/mol. The minimum atomic E-state index is -0.0367. The van der Waals surface area contributed by atoms with Crippen LogP contribution in [0.4, 0.5) is 17.1 Å². The van der Waals surface area contributed by atoms with Crippen LogP contribution in [0.25, 0.3) is 66.0 Å². The molecule has 0 atom stereocenters. The number of anilines is 3. The molecule has 0 radical (unpaired) electrons. The molecule has 9 aromatic rings. The Morgan fingerprint density at radius 2 is 1.45 bits per heavy atom. The molecule has 7 aromatic carbocycles. The third-order valence-corrected chi connectivity index (χ3v) is 11.3. The van der Waals surface area contributed by atoms with E-state index >= 15 is 0 Å². The number of furan rings is 1. The first kappa shape index (κ1) is 28.8. The van der Waals surface area contributed by atoms with Gasteiger partial charge in [0, 0.05) is 49.5 Å². The van der Waals surface area contributed by atoms with Crippen LogP contribution in [0, 0.1) is 6.92 Å². The van der Waals surface area contributed by atoms with Crippen molar-refractivity contribution >= 4 is 78.6 Å². The van der Waals surface area contributed by atoms with Gasteiger partial charge in [0.15, 0.2) is 5.58 Å². The summed E-state index contributed by atoms with van der Waals surface area (Å²) in [4.78, 5) is 2.54. The summed E-state index contributed by atoms with van der Waals surface area (Å²) < 4.78 is 9.64. The molecular weight excluding hydrogens is 619 g/mol. The molecule has 0 bridgehead atoms. The fraction of sp³-hybridized carbons (Fsp3) is 0.106. The molecule has 0 spiro atoms. The topological polar surface area (TPSA) is 21.3 Å². The van der Waals surface area contributed by atoms with Gasteiger partial charge in [-0.3, -0.25) is 0 Å². The highest BCUT2D eigenvalue weighted by atomic mass is 16.3. The van der Waals surface area contributed by atoms with Crippen LogP contribution in [0.3, 0.4) is 0 Å². The van der Waals surface area contributed by atoms with Gasteiger partial charge in [0.2, 0.25) is 0 Å². The van der Waals surface area contributed by atoms with Gasteiger partial charge < -0.3 is 13.8 Å².